The van der Waals surface area contributed by atoms with Crippen LogP contribution in [0.15, 0.2) is 53.8 Å². The van der Waals surface area contributed by atoms with Crippen LogP contribution in [0.2, 0.25) is 5.02 Å². The highest BCUT2D eigenvalue weighted by Crippen LogP contribution is 2.33. The Bertz CT molecular complexity index is 1590. The van der Waals surface area contributed by atoms with Crippen molar-refractivity contribution in [1.29, 1.82) is 5.26 Å². The third-order valence-corrected chi connectivity index (χ3v) is 6.70. The van der Waals surface area contributed by atoms with Crippen LogP contribution in [0.5, 0.6) is 5.88 Å². The summed E-state index contributed by atoms with van der Waals surface area (Å²) in [6, 6.07) is 9.12. The van der Waals surface area contributed by atoms with Crippen LogP contribution in [-0.4, -0.2) is 44.3 Å². The molecule has 0 N–H and O–H groups in total. The molecule has 1 aromatic carbocycles. The van der Waals surface area contributed by atoms with E-state index in [4.69, 9.17) is 16.3 Å². The fraction of sp³-hybridized carbons (Fsp3) is 0.269. The average molecular weight is 503 g/mol. The zero-order chi connectivity index (χ0) is 25.4. The van der Waals surface area contributed by atoms with Crippen molar-refractivity contribution in [2.75, 3.05) is 18.1 Å². The molecule has 0 amide bonds. The Hall–Kier alpha value is -4.16. The Labute approximate surface area is 212 Å². The normalized spacial score (nSPS) is 15.3. The quantitative estimate of drug-likeness (QED) is 0.368. The van der Waals surface area contributed by atoms with Crippen LogP contribution >= 0.6 is 11.6 Å². The number of anilines is 1. The summed E-state index contributed by atoms with van der Waals surface area (Å²) in [7, 11) is 1.79. The number of carbonyl (C=O) groups excluding carboxylic acids is 1. The van der Waals surface area contributed by atoms with Gasteiger partial charge in [-0.15, -0.1) is 0 Å². The van der Waals surface area contributed by atoms with Gasteiger partial charge in [0.15, 0.2) is 11.2 Å². The van der Waals surface area contributed by atoms with Crippen molar-refractivity contribution in [2.24, 2.45) is 7.05 Å². The lowest BCUT2D eigenvalue weighted by atomic mass is 10.0. The lowest BCUT2D eigenvalue weighted by molar-refractivity contribution is 0.101. The topological polar surface area (TPSA) is 106 Å². The number of nitriles is 1. The van der Waals surface area contributed by atoms with E-state index in [2.05, 4.69) is 21.1 Å². The number of carbonyl (C=O) groups is 1. The number of hydrogen-bond donors (Lipinski definition) is 0. The monoisotopic (exact) mass is 502 g/mol. The van der Waals surface area contributed by atoms with Gasteiger partial charge in [-0.2, -0.15) is 10.4 Å². The van der Waals surface area contributed by atoms with Gasteiger partial charge in [0.1, 0.15) is 17.7 Å². The predicted octanol–water partition coefficient (Wildman–Crippen LogP) is 3.89. The molecule has 9 nitrogen and oxygen atoms in total. The molecule has 182 valence electrons. The largest absolute Gasteiger partial charge is 0.474 e. The molecule has 3 aromatic heterocycles. The molecule has 1 fully saturated rings. The summed E-state index contributed by atoms with van der Waals surface area (Å²) >= 11 is 6.20. The van der Waals surface area contributed by atoms with Gasteiger partial charge in [-0.05, 0) is 44.0 Å². The highest BCUT2D eigenvalue weighted by molar-refractivity contribution is 6.31. The number of pyridine rings is 2. The molecular weight excluding hydrogens is 480 g/mol. The summed E-state index contributed by atoms with van der Waals surface area (Å²) in [6.45, 7) is 2.43. The maximum absolute atomic E-state index is 13.2. The smallest absolute Gasteiger partial charge is 0.232 e. The summed E-state index contributed by atoms with van der Waals surface area (Å²) < 4.78 is 9.34. The molecule has 1 atom stereocenters. The van der Waals surface area contributed by atoms with Crippen molar-refractivity contribution in [3.05, 3.63) is 75.4 Å². The van der Waals surface area contributed by atoms with Crippen LogP contribution in [-0.2, 0) is 7.05 Å². The molecule has 4 heterocycles. The van der Waals surface area contributed by atoms with Gasteiger partial charge in [0, 0.05) is 37.6 Å². The summed E-state index contributed by atoms with van der Waals surface area (Å²) in [6.07, 6.45) is 8.42. The van der Waals surface area contributed by atoms with Gasteiger partial charge in [0.2, 0.25) is 5.88 Å². The second-order valence-electron chi connectivity index (χ2n) is 8.76. The van der Waals surface area contributed by atoms with E-state index >= 15 is 0 Å². The molecule has 10 heteroatoms. The molecule has 0 saturated carbocycles. The molecule has 0 radical (unpaired) electrons. The van der Waals surface area contributed by atoms with Gasteiger partial charge in [-0.1, -0.05) is 11.6 Å². The molecule has 0 unspecified atom stereocenters. The van der Waals surface area contributed by atoms with E-state index in [1.54, 1.807) is 59.3 Å². The average Bonchev–Trinajstić information content (AvgIpc) is 3.51. The van der Waals surface area contributed by atoms with Crippen LogP contribution in [0.25, 0.3) is 16.6 Å². The second kappa shape index (κ2) is 9.47. The number of halogens is 1. The van der Waals surface area contributed by atoms with Crippen LogP contribution in [0.3, 0.4) is 0 Å². The van der Waals surface area contributed by atoms with Crippen molar-refractivity contribution in [3.63, 3.8) is 0 Å². The Morgan fingerprint density at radius 1 is 1.33 bits per heavy atom. The third-order valence-electron chi connectivity index (χ3n) is 6.41. The van der Waals surface area contributed by atoms with E-state index in [-0.39, 0.29) is 17.4 Å². The number of benzene rings is 1. The molecule has 4 aromatic rings. The standard InChI is InChI=1S/C26H23ClN6O3/c1-16(34)21-14-33(19-12-30-31(2)13-19)24-10-23(17(11-28)9-20(24)25(21)35)32-8-4-5-18(32)15-36-26-22(27)6-3-7-29-26/h3,6-7,9-10,12-14,18H,4-5,8,15H2,1-2H3/t18-/m1/s1. The zero-order valence-electron chi connectivity index (χ0n) is 19.8. The van der Waals surface area contributed by atoms with Gasteiger partial charge in [-0.25, -0.2) is 4.98 Å². The van der Waals surface area contributed by atoms with E-state index < -0.39 is 5.43 Å². The minimum absolute atomic E-state index is 0.0114. The maximum Gasteiger partial charge on any atom is 0.232 e. The Kier molecular flexibility index (Phi) is 6.20. The van der Waals surface area contributed by atoms with Gasteiger partial charge in [-0.3, -0.25) is 14.3 Å². The molecule has 0 aliphatic carbocycles. The van der Waals surface area contributed by atoms with Crippen LogP contribution < -0.4 is 15.1 Å². The fourth-order valence-electron chi connectivity index (χ4n) is 4.66. The van der Waals surface area contributed by atoms with E-state index in [0.29, 0.717) is 45.4 Å². The summed E-state index contributed by atoms with van der Waals surface area (Å²) in [5.41, 5.74) is 2.02. The maximum atomic E-state index is 13.2. The zero-order valence-corrected chi connectivity index (χ0v) is 20.6. The Balaban J connectivity index is 1.62. The third kappa shape index (κ3) is 4.20. The lowest BCUT2D eigenvalue weighted by Gasteiger charge is -2.28. The first-order valence-electron chi connectivity index (χ1n) is 11.5. The first-order valence-corrected chi connectivity index (χ1v) is 11.9. The Morgan fingerprint density at radius 2 is 2.17 bits per heavy atom. The van der Waals surface area contributed by atoms with Gasteiger partial charge in [0.05, 0.1) is 40.3 Å². The number of fused-ring (bicyclic) bond motifs is 1. The Morgan fingerprint density at radius 3 is 2.86 bits per heavy atom. The number of rotatable bonds is 6. The molecule has 1 saturated heterocycles. The van der Waals surface area contributed by atoms with Crippen molar-refractivity contribution >= 4 is 34.0 Å². The first kappa shape index (κ1) is 23.6. The van der Waals surface area contributed by atoms with E-state index in [0.717, 1.165) is 19.4 Å². The van der Waals surface area contributed by atoms with Gasteiger partial charge >= 0.3 is 0 Å². The summed E-state index contributed by atoms with van der Waals surface area (Å²) in [5, 5.41) is 15.0. The molecule has 1 aliphatic rings. The molecule has 1 aliphatic heterocycles. The number of ether oxygens (including phenoxy) is 1. The number of nitrogens with zero attached hydrogens (tertiary/aromatic N) is 6. The predicted molar refractivity (Wildman–Crippen MR) is 136 cm³/mol. The highest BCUT2D eigenvalue weighted by Gasteiger charge is 2.29. The summed E-state index contributed by atoms with van der Waals surface area (Å²) in [4.78, 5) is 31.8. The minimum atomic E-state index is -0.396. The van der Waals surface area contributed by atoms with Crippen LogP contribution in [0.4, 0.5) is 5.69 Å². The summed E-state index contributed by atoms with van der Waals surface area (Å²) in [5.74, 6) is 0.0271. The molecule has 0 bridgehead atoms. The number of aryl methyl sites for hydroxylation is 1. The van der Waals surface area contributed by atoms with Crippen LogP contribution in [0, 0.1) is 11.3 Å². The minimum Gasteiger partial charge on any atom is -0.474 e. The number of ketones is 1. The van der Waals surface area contributed by atoms with Crippen molar-refractivity contribution in [3.8, 4) is 17.6 Å². The molecular formula is C26H23ClN6O3. The van der Waals surface area contributed by atoms with Crippen LogP contribution in [0.1, 0.15) is 35.7 Å². The lowest BCUT2D eigenvalue weighted by Crippen LogP contribution is -2.35. The second-order valence-corrected chi connectivity index (χ2v) is 9.17. The number of aromatic nitrogens is 4. The number of Topliss-reactive ketones (excluding diaryl/α,β-unsaturated/α-hetero) is 1. The first-order chi connectivity index (χ1) is 17.4. The van der Waals surface area contributed by atoms with Crippen molar-refractivity contribution < 1.29 is 9.53 Å². The van der Waals surface area contributed by atoms with E-state index in [1.807, 2.05) is 6.07 Å². The molecule has 5 rings (SSSR count). The van der Waals surface area contributed by atoms with E-state index in [9.17, 15) is 14.9 Å². The fourth-order valence-corrected chi connectivity index (χ4v) is 4.84. The highest BCUT2D eigenvalue weighted by atomic mass is 35.5. The SMILES string of the molecule is CC(=O)c1cn(-c2cnn(C)c2)c2cc(N3CCC[C@@H]3COc3ncccc3Cl)c(C#N)cc2c1=O. The molecule has 36 heavy (non-hydrogen) atoms. The van der Waals surface area contributed by atoms with Gasteiger partial charge in [0.25, 0.3) is 0 Å². The van der Waals surface area contributed by atoms with Crippen molar-refractivity contribution in [2.45, 2.75) is 25.8 Å². The van der Waals surface area contributed by atoms with Gasteiger partial charge < -0.3 is 14.2 Å². The van der Waals surface area contributed by atoms with Crippen molar-refractivity contribution in [1.82, 2.24) is 19.3 Å². The number of hydrogen-bond acceptors (Lipinski definition) is 7. The van der Waals surface area contributed by atoms with E-state index in [1.165, 1.54) is 6.92 Å². The molecule has 0 spiro atoms.